The van der Waals surface area contributed by atoms with Crippen LogP contribution in [0.25, 0.3) is 0 Å². The first-order chi connectivity index (χ1) is 8.75. The minimum absolute atomic E-state index is 0.203. The van der Waals surface area contributed by atoms with Crippen molar-refractivity contribution in [3.05, 3.63) is 34.9 Å². The summed E-state index contributed by atoms with van der Waals surface area (Å²) in [6.07, 6.45) is 0. The lowest BCUT2D eigenvalue weighted by Crippen LogP contribution is -2.32. The van der Waals surface area contributed by atoms with Crippen molar-refractivity contribution in [1.82, 2.24) is 5.32 Å². The van der Waals surface area contributed by atoms with E-state index in [0.29, 0.717) is 0 Å². The molecule has 8 heteroatoms. The number of carboxylic acids is 1. The third-order valence-electron chi connectivity index (χ3n) is 2.34. The molecule has 0 aliphatic rings. The fourth-order valence-electron chi connectivity index (χ4n) is 1.17. The van der Waals surface area contributed by atoms with Crippen LogP contribution in [0.5, 0.6) is 0 Å². The van der Waals surface area contributed by atoms with E-state index in [1.54, 1.807) is 0 Å². The Labute approximate surface area is 105 Å². The maximum atomic E-state index is 13.2. The van der Waals surface area contributed by atoms with Gasteiger partial charge in [-0.15, -0.1) is 0 Å². The Kier molecular flexibility index (Phi) is 4.47. The van der Waals surface area contributed by atoms with E-state index in [9.17, 15) is 27.2 Å². The van der Waals surface area contributed by atoms with Gasteiger partial charge < -0.3 is 10.4 Å². The van der Waals surface area contributed by atoms with Crippen LogP contribution in [0.1, 0.15) is 17.3 Å². The van der Waals surface area contributed by atoms with Gasteiger partial charge in [0.1, 0.15) is 0 Å². The molecule has 0 fully saturated rings. The van der Waals surface area contributed by atoms with Crippen LogP contribution in [0, 0.1) is 29.2 Å². The van der Waals surface area contributed by atoms with Gasteiger partial charge in [-0.1, -0.05) is 6.92 Å². The Morgan fingerprint density at radius 1 is 1.21 bits per heavy atom. The van der Waals surface area contributed by atoms with E-state index in [1.807, 2.05) is 5.32 Å². The molecule has 0 saturated heterocycles. The first kappa shape index (κ1) is 14.9. The van der Waals surface area contributed by atoms with E-state index >= 15 is 0 Å². The van der Waals surface area contributed by atoms with Gasteiger partial charge in [0.15, 0.2) is 23.3 Å². The highest BCUT2D eigenvalue weighted by atomic mass is 19.2. The maximum Gasteiger partial charge on any atom is 0.308 e. The van der Waals surface area contributed by atoms with Crippen molar-refractivity contribution in [2.24, 2.45) is 5.92 Å². The zero-order valence-electron chi connectivity index (χ0n) is 9.64. The molecule has 1 amide bonds. The Morgan fingerprint density at radius 2 is 1.79 bits per heavy atom. The molecule has 0 aliphatic heterocycles. The number of hydrogen-bond donors (Lipinski definition) is 2. The molecule has 0 aliphatic carbocycles. The minimum atomic E-state index is -2.10. The number of aliphatic carboxylic acids is 1. The van der Waals surface area contributed by atoms with Crippen molar-refractivity contribution in [2.45, 2.75) is 6.92 Å². The van der Waals surface area contributed by atoms with Crippen LogP contribution in [0.2, 0.25) is 0 Å². The molecule has 0 radical (unpaired) electrons. The zero-order chi connectivity index (χ0) is 14.7. The molecule has 1 unspecified atom stereocenters. The Balaban J connectivity index is 2.92. The van der Waals surface area contributed by atoms with E-state index in [4.69, 9.17) is 5.11 Å². The second-order valence-electron chi connectivity index (χ2n) is 3.80. The quantitative estimate of drug-likeness (QED) is 0.501. The van der Waals surface area contributed by atoms with Crippen LogP contribution in [0.15, 0.2) is 6.07 Å². The van der Waals surface area contributed by atoms with Gasteiger partial charge in [-0.25, -0.2) is 17.6 Å². The average molecular weight is 279 g/mol. The number of amides is 1. The maximum absolute atomic E-state index is 13.2. The van der Waals surface area contributed by atoms with Crippen LogP contribution in [0.4, 0.5) is 17.6 Å². The molecule has 0 heterocycles. The summed E-state index contributed by atoms with van der Waals surface area (Å²) in [5.74, 6) is -11.1. The lowest BCUT2D eigenvalue weighted by molar-refractivity contribution is -0.140. The monoisotopic (exact) mass is 279 g/mol. The van der Waals surface area contributed by atoms with Crippen LogP contribution in [0.3, 0.4) is 0 Å². The number of halogens is 4. The number of carbonyl (C=O) groups excluding carboxylic acids is 1. The van der Waals surface area contributed by atoms with E-state index in [1.165, 1.54) is 6.92 Å². The third kappa shape index (κ3) is 3.21. The highest BCUT2D eigenvalue weighted by Crippen LogP contribution is 2.18. The molecule has 0 spiro atoms. The Morgan fingerprint density at radius 3 is 2.32 bits per heavy atom. The summed E-state index contributed by atoms with van der Waals surface area (Å²) in [4.78, 5) is 21.9. The summed E-state index contributed by atoms with van der Waals surface area (Å²) >= 11 is 0. The van der Waals surface area contributed by atoms with Gasteiger partial charge in [-0.3, -0.25) is 9.59 Å². The molecule has 104 valence electrons. The number of carbonyl (C=O) groups is 2. The second-order valence-corrected chi connectivity index (χ2v) is 3.80. The summed E-state index contributed by atoms with van der Waals surface area (Å²) in [5.41, 5.74) is -1.03. The summed E-state index contributed by atoms with van der Waals surface area (Å²) in [5, 5.41) is 10.5. The molecule has 0 bridgehead atoms. The molecule has 1 atom stereocenters. The predicted molar refractivity (Wildman–Crippen MR) is 55.4 cm³/mol. The highest BCUT2D eigenvalue weighted by molar-refractivity contribution is 5.94. The molecular weight excluding hydrogens is 270 g/mol. The van der Waals surface area contributed by atoms with Crippen molar-refractivity contribution >= 4 is 11.9 Å². The zero-order valence-corrected chi connectivity index (χ0v) is 9.64. The average Bonchev–Trinajstić information content (AvgIpc) is 2.37. The van der Waals surface area contributed by atoms with Crippen LogP contribution in [-0.2, 0) is 4.79 Å². The molecule has 2 N–H and O–H groups in total. The van der Waals surface area contributed by atoms with Crippen molar-refractivity contribution in [3.63, 3.8) is 0 Å². The lowest BCUT2D eigenvalue weighted by Gasteiger charge is -2.09. The molecule has 1 aromatic rings. The number of carboxylic acid groups (broad SMARTS) is 1. The topological polar surface area (TPSA) is 66.4 Å². The standard InChI is InChI=1S/C11H9F4NO3/c1-4(11(18)19)3-16-10(17)5-2-6(12)8(14)9(15)7(5)13/h2,4H,3H2,1H3,(H,16,17)(H,18,19). The smallest absolute Gasteiger partial charge is 0.308 e. The first-order valence-electron chi connectivity index (χ1n) is 5.09. The molecule has 0 saturated carbocycles. The van der Waals surface area contributed by atoms with Crippen molar-refractivity contribution in [1.29, 1.82) is 0 Å². The van der Waals surface area contributed by atoms with Gasteiger partial charge in [-0.05, 0) is 6.07 Å². The van der Waals surface area contributed by atoms with Crippen LogP contribution in [-0.4, -0.2) is 23.5 Å². The normalized spacial score (nSPS) is 12.1. The summed E-state index contributed by atoms with van der Waals surface area (Å²) in [6, 6.07) is 0.203. The second kappa shape index (κ2) is 5.68. The van der Waals surface area contributed by atoms with E-state index in [2.05, 4.69) is 0 Å². The van der Waals surface area contributed by atoms with E-state index in [-0.39, 0.29) is 12.6 Å². The fourth-order valence-corrected chi connectivity index (χ4v) is 1.17. The first-order valence-corrected chi connectivity index (χ1v) is 5.09. The van der Waals surface area contributed by atoms with Gasteiger partial charge >= 0.3 is 5.97 Å². The largest absolute Gasteiger partial charge is 0.481 e. The summed E-state index contributed by atoms with van der Waals surface area (Å²) < 4.78 is 51.6. The fraction of sp³-hybridized carbons (Fsp3) is 0.273. The minimum Gasteiger partial charge on any atom is -0.481 e. The van der Waals surface area contributed by atoms with Crippen molar-refractivity contribution < 1.29 is 32.3 Å². The summed E-state index contributed by atoms with van der Waals surface area (Å²) in [7, 11) is 0. The molecule has 1 aromatic carbocycles. The lowest BCUT2D eigenvalue weighted by atomic mass is 10.1. The van der Waals surface area contributed by atoms with Gasteiger partial charge in [0.25, 0.3) is 5.91 Å². The number of hydrogen-bond acceptors (Lipinski definition) is 2. The van der Waals surface area contributed by atoms with Gasteiger partial charge in [0.05, 0.1) is 11.5 Å². The van der Waals surface area contributed by atoms with Gasteiger partial charge in [0, 0.05) is 6.54 Å². The number of benzene rings is 1. The van der Waals surface area contributed by atoms with E-state index < -0.39 is 46.6 Å². The molecule has 19 heavy (non-hydrogen) atoms. The molecule has 4 nitrogen and oxygen atoms in total. The number of rotatable bonds is 4. The third-order valence-corrected chi connectivity index (χ3v) is 2.34. The Bertz CT molecular complexity index is 533. The van der Waals surface area contributed by atoms with Crippen molar-refractivity contribution in [2.75, 3.05) is 6.54 Å². The van der Waals surface area contributed by atoms with E-state index in [0.717, 1.165) is 0 Å². The van der Waals surface area contributed by atoms with Gasteiger partial charge in [0.2, 0.25) is 0 Å². The van der Waals surface area contributed by atoms with Crippen molar-refractivity contribution in [3.8, 4) is 0 Å². The molecule has 0 aromatic heterocycles. The molecule has 1 rings (SSSR count). The SMILES string of the molecule is CC(CNC(=O)c1cc(F)c(F)c(F)c1F)C(=O)O. The Hall–Kier alpha value is -2.12. The predicted octanol–water partition coefficient (Wildman–Crippen LogP) is 1.69. The highest BCUT2D eigenvalue weighted by Gasteiger charge is 2.23. The molecular formula is C11H9F4NO3. The van der Waals surface area contributed by atoms with Gasteiger partial charge in [-0.2, -0.15) is 0 Å². The number of nitrogens with one attached hydrogen (secondary N) is 1. The summed E-state index contributed by atoms with van der Waals surface area (Å²) in [6.45, 7) is 0.902. The van der Waals surface area contributed by atoms with Crippen LogP contribution >= 0.6 is 0 Å². The van der Waals surface area contributed by atoms with Crippen LogP contribution < -0.4 is 5.32 Å².